The summed E-state index contributed by atoms with van der Waals surface area (Å²) >= 11 is 0. The molecule has 9 heteroatoms. The number of anilines is 1. The van der Waals surface area contributed by atoms with Crippen molar-refractivity contribution in [2.24, 2.45) is 0 Å². The Bertz CT molecular complexity index is 683. The van der Waals surface area contributed by atoms with Gasteiger partial charge >= 0.3 is 12.3 Å². The zero-order valence-corrected chi connectivity index (χ0v) is 11.4. The van der Waals surface area contributed by atoms with E-state index in [2.05, 4.69) is 9.84 Å². The van der Waals surface area contributed by atoms with E-state index in [4.69, 9.17) is 10.5 Å². The predicted molar refractivity (Wildman–Crippen MR) is 70.6 cm³/mol. The first-order chi connectivity index (χ1) is 10.3. The Kier molecular flexibility index (Phi) is 4.25. The molecule has 2 rings (SSSR count). The fourth-order valence-electron chi connectivity index (χ4n) is 1.72. The predicted octanol–water partition coefficient (Wildman–Crippen LogP) is 2.53. The van der Waals surface area contributed by atoms with Crippen molar-refractivity contribution in [2.45, 2.75) is 13.3 Å². The highest BCUT2D eigenvalue weighted by Crippen LogP contribution is 2.25. The van der Waals surface area contributed by atoms with Gasteiger partial charge in [-0.1, -0.05) is 6.07 Å². The molecular formula is C13H12F3N3O3. The summed E-state index contributed by atoms with van der Waals surface area (Å²) in [5.74, 6) is -1.01. The highest BCUT2D eigenvalue weighted by molar-refractivity contribution is 5.88. The lowest BCUT2D eigenvalue weighted by molar-refractivity contribution is -0.274. The third-order valence-corrected chi connectivity index (χ3v) is 2.52. The van der Waals surface area contributed by atoms with Crippen molar-refractivity contribution in [1.29, 1.82) is 0 Å². The third-order valence-electron chi connectivity index (χ3n) is 2.52. The van der Waals surface area contributed by atoms with Crippen LogP contribution in [-0.4, -0.2) is 28.7 Å². The Morgan fingerprint density at radius 2 is 2.09 bits per heavy atom. The van der Waals surface area contributed by atoms with Gasteiger partial charge in [0.15, 0.2) is 5.69 Å². The fourth-order valence-corrected chi connectivity index (χ4v) is 1.72. The highest BCUT2D eigenvalue weighted by Gasteiger charge is 2.31. The van der Waals surface area contributed by atoms with Gasteiger partial charge in [-0.25, -0.2) is 9.48 Å². The largest absolute Gasteiger partial charge is 0.573 e. The lowest BCUT2D eigenvalue weighted by Gasteiger charge is -2.10. The van der Waals surface area contributed by atoms with E-state index in [1.165, 1.54) is 18.2 Å². The van der Waals surface area contributed by atoms with Crippen LogP contribution >= 0.6 is 0 Å². The van der Waals surface area contributed by atoms with Crippen molar-refractivity contribution < 1.29 is 27.4 Å². The molecule has 1 aromatic heterocycles. The summed E-state index contributed by atoms with van der Waals surface area (Å²) in [5, 5.41) is 3.92. The van der Waals surface area contributed by atoms with Gasteiger partial charge in [-0.15, -0.1) is 13.2 Å². The van der Waals surface area contributed by atoms with E-state index in [1.807, 2.05) is 0 Å². The molecule has 0 spiro atoms. The summed E-state index contributed by atoms with van der Waals surface area (Å²) in [7, 11) is 0. The normalized spacial score (nSPS) is 11.3. The standard InChI is InChI=1S/C13H12F3N3O3/c1-2-21-12(20)10-7-11(17)19(18-10)8-4-3-5-9(6-8)22-13(14,15)16/h3-7H,2,17H2,1H3. The lowest BCUT2D eigenvalue weighted by atomic mass is 10.3. The number of halogens is 3. The van der Waals surface area contributed by atoms with Gasteiger partial charge in [0, 0.05) is 12.1 Å². The zero-order chi connectivity index (χ0) is 16.3. The molecule has 0 unspecified atom stereocenters. The van der Waals surface area contributed by atoms with E-state index in [1.54, 1.807) is 6.92 Å². The van der Waals surface area contributed by atoms with Crippen molar-refractivity contribution in [3.63, 3.8) is 0 Å². The number of carbonyl (C=O) groups excluding carboxylic acids is 1. The van der Waals surface area contributed by atoms with Gasteiger partial charge in [-0.2, -0.15) is 5.10 Å². The van der Waals surface area contributed by atoms with Crippen molar-refractivity contribution in [1.82, 2.24) is 9.78 Å². The fraction of sp³-hybridized carbons (Fsp3) is 0.231. The molecule has 1 heterocycles. The number of alkyl halides is 3. The molecule has 6 nitrogen and oxygen atoms in total. The van der Waals surface area contributed by atoms with Crippen LogP contribution in [0.2, 0.25) is 0 Å². The van der Waals surface area contributed by atoms with Gasteiger partial charge in [0.1, 0.15) is 11.6 Å². The molecule has 1 aromatic carbocycles. The van der Waals surface area contributed by atoms with E-state index in [0.29, 0.717) is 0 Å². The van der Waals surface area contributed by atoms with Crippen LogP contribution in [-0.2, 0) is 4.74 Å². The molecule has 0 aliphatic heterocycles. The summed E-state index contributed by atoms with van der Waals surface area (Å²) < 4.78 is 46.4. The maximum Gasteiger partial charge on any atom is 0.573 e. The maximum atomic E-state index is 12.2. The number of nitrogen functional groups attached to an aromatic ring is 1. The molecule has 0 amide bonds. The van der Waals surface area contributed by atoms with Crippen LogP contribution < -0.4 is 10.5 Å². The molecule has 0 atom stereocenters. The van der Waals surface area contributed by atoms with E-state index < -0.39 is 18.1 Å². The molecule has 0 aliphatic rings. The number of hydrogen-bond acceptors (Lipinski definition) is 5. The average molecular weight is 315 g/mol. The van der Waals surface area contributed by atoms with Crippen molar-refractivity contribution in [2.75, 3.05) is 12.3 Å². The molecule has 0 radical (unpaired) electrons. The van der Waals surface area contributed by atoms with E-state index in [0.717, 1.165) is 16.8 Å². The lowest BCUT2D eigenvalue weighted by Crippen LogP contribution is -2.17. The molecule has 0 bridgehead atoms. The van der Waals surface area contributed by atoms with Gasteiger partial charge in [0.2, 0.25) is 0 Å². The number of esters is 1. The Hall–Kier alpha value is -2.71. The molecule has 22 heavy (non-hydrogen) atoms. The number of ether oxygens (including phenoxy) is 2. The zero-order valence-electron chi connectivity index (χ0n) is 11.4. The number of benzene rings is 1. The third kappa shape index (κ3) is 3.68. The maximum absolute atomic E-state index is 12.2. The van der Waals surface area contributed by atoms with Gasteiger partial charge in [-0.3, -0.25) is 0 Å². The van der Waals surface area contributed by atoms with Gasteiger partial charge in [-0.05, 0) is 19.1 Å². The van der Waals surface area contributed by atoms with Gasteiger partial charge < -0.3 is 15.2 Å². The average Bonchev–Trinajstić information content (AvgIpc) is 2.79. The van der Waals surface area contributed by atoms with Crippen LogP contribution in [0.15, 0.2) is 30.3 Å². The summed E-state index contributed by atoms with van der Waals surface area (Å²) in [6.07, 6.45) is -4.80. The number of hydrogen-bond donors (Lipinski definition) is 1. The van der Waals surface area contributed by atoms with Crippen molar-refractivity contribution in [3.05, 3.63) is 36.0 Å². The summed E-state index contributed by atoms with van der Waals surface area (Å²) in [6, 6.07) is 6.34. The van der Waals surface area contributed by atoms with Crippen LogP contribution in [0, 0.1) is 0 Å². The van der Waals surface area contributed by atoms with E-state index in [9.17, 15) is 18.0 Å². The summed E-state index contributed by atoms with van der Waals surface area (Å²) in [5.41, 5.74) is 5.89. The molecule has 0 aliphatic carbocycles. The minimum atomic E-state index is -4.80. The highest BCUT2D eigenvalue weighted by atomic mass is 19.4. The second kappa shape index (κ2) is 5.96. The number of nitrogens with two attached hydrogens (primary N) is 1. The quantitative estimate of drug-likeness (QED) is 0.877. The second-order valence-electron chi connectivity index (χ2n) is 4.13. The number of carbonyl (C=O) groups is 1. The molecule has 0 fully saturated rings. The summed E-state index contributed by atoms with van der Waals surface area (Å²) in [6.45, 7) is 1.80. The molecule has 0 saturated heterocycles. The Labute approximate surface area is 123 Å². The first-order valence-corrected chi connectivity index (χ1v) is 6.19. The SMILES string of the molecule is CCOC(=O)c1cc(N)n(-c2cccc(OC(F)(F)F)c2)n1. The first kappa shape index (κ1) is 15.7. The number of nitrogens with zero attached hydrogens (tertiary/aromatic N) is 2. The van der Waals surface area contributed by atoms with Crippen LogP contribution in [0.4, 0.5) is 19.0 Å². The topological polar surface area (TPSA) is 79.4 Å². The second-order valence-corrected chi connectivity index (χ2v) is 4.13. The van der Waals surface area contributed by atoms with Crippen LogP contribution in [0.1, 0.15) is 17.4 Å². The van der Waals surface area contributed by atoms with Crippen LogP contribution in [0.25, 0.3) is 5.69 Å². The molecule has 2 aromatic rings. The molecule has 118 valence electrons. The molecule has 2 N–H and O–H groups in total. The monoisotopic (exact) mass is 315 g/mol. The summed E-state index contributed by atoms with van der Waals surface area (Å²) in [4.78, 5) is 11.6. The Morgan fingerprint density at radius 1 is 1.36 bits per heavy atom. The van der Waals surface area contributed by atoms with Crippen LogP contribution in [0.5, 0.6) is 5.75 Å². The molecule has 0 saturated carbocycles. The number of aromatic nitrogens is 2. The number of rotatable bonds is 4. The van der Waals surface area contributed by atoms with Crippen molar-refractivity contribution >= 4 is 11.8 Å². The minimum absolute atomic E-state index is 0.0403. The van der Waals surface area contributed by atoms with Crippen LogP contribution in [0.3, 0.4) is 0 Å². The first-order valence-electron chi connectivity index (χ1n) is 6.19. The van der Waals surface area contributed by atoms with Gasteiger partial charge in [0.25, 0.3) is 0 Å². The molecular weight excluding hydrogens is 303 g/mol. The van der Waals surface area contributed by atoms with Crippen molar-refractivity contribution in [3.8, 4) is 11.4 Å². The minimum Gasteiger partial charge on any atom is -0.461 e. The smallest absolute Gasteiger partial charge is 0.461 e. The van der Waals surface area contributed by atoms with E-state index >= 15 is 0 Å². The van der Waals surface area contributed by atoms with Gasteiger partial charge in [0.05, 0.1) is 12.3 Å². The van der Waals surface area contributed by atoms with E-state index in [-0.39, 0.29) is 23.8 Å². The Morgan fingerprint density at radius 3 is 2.73 bits per heavy atom. The Balaban J connectivity index is 2.32.